The lowest BCUT2D eigenvalue weighted by Crippen LogP contribution is -2.35. The number of hydrazone groups is 1. The number of anilines is 1. The summed E-state index contributed by atoms with van der Waals surface area (Å²) in [6.07, 6.45) is 3.43. The topological polar surface area (TPSA) is 102 Å². The number of nitrogens with zero attached hydrogens (tertiary/aromatic N) is 4. The molecule has 1 aliphatic heterocycles. The zero-order chi connectivity index (χ0) is 19.9. The Morgan fingerprint density at radius 1 is 1.25 bits per heavy atom. The van der Waals surface area contributed by atoms with Crippen molar-refractivity contribution >= 4 is 17.7 Å². The number of morpholine rings is 1. The number of pyridine rings is 1. The molecule has 1 fully saturated rings. The lowest BCUT2D eigenvalue weighted by atomic mass is 10.0. The van der Waals surface area contributed by atoms with Crippen molar-refractivity contribution in [2.24, 2.45) is 15.9 Å². The standard InChI is InChI=1S/C21H28N6O/c1-15(2)24-13-20(26-23)19-11-18(12-25-21(19)22)17-5-3-4-16(10-17)14-27-6-8-28-9-7-27/h3-5,10-13,15H,6-9,14,23H2,1-2H3,(H2,22,25). The minimum atomic E-state index is 0.144. The van der Waals surface area contributed by atoms with Gasteiger partial charge in [-0.15, -0.1) is 0 Å². The Balaban J connectivity index is 1.86. The van der Waals surface area contributed by atoms with Crippen molar-refractivity contribution in [3.63, 3.8) is 0 Å². The third-order valence-electron chi connectivity index (χ3n) is 4.60. The molecule has 7 nitrogen and oxygen atoms in total. The van der Waals surface area contributed by atoms with Gasteiger partial charge in [-0.3, -0.25) is 9.89 Å². The predicted molar refractivity (Wildman–Crippen MR) is 115 cm³/mol. The lowest BCUT2D eigenvalue weighted by molar-refractivity contribution is 0.0342. The second kappa shape index (κ2) is 9.43. The van der Waals surface area contributed by atoms with E-state index in [2.05, 4.69) is 44.2 Å². The number of aliphatic imine (C=N–C) groups is 1. The molecular weight excluding hydrogens is 352 g/mol. The van der Waals surface area contributed by atoms with E-state index in [0.29, 0.717) is 17.1 Å². The molecular formula is C21H28N6O. The van der Waals surface area contributed by atoms with Crippen LogP contribution in [0, 0.1) is 0 Å². The fourth-order valence-corrected chi connectivity index (χ4v) is 3.10. The van der Waals surface area contributed by atoms with Gasteiger partial charge in [-0.1, -0.05) is 18.2 Å². The zero-order valence-electron chi connectivity index (χ0n) is 16.5. The maximum absolute atomic E-state index is 6.08. The fourth-order valence-electron chi connectivity index (χ4n) is 3.10. The molecule has 0 atom stereocenters. The SMILES string of the molecule is CC(C)N=CC(=NN)c1cc(-c2cccc(CN3CCOCC3)c2)cnc1N. The maximum Gasteiger partial charge on any atom is 0.132 e. The third-order valence-corrected chi connectivity index (χ3v) is 4.60. The first-order chi connectivity index (χ1) is 13.6. The van der Waals surface area contributed by atoms with Gasteiger partial charge in [0.1, 0.15) is 11.5 Å². The molecule has 2 aromatic rings. The van der Waals surface area contributed by atoms with Gasteiger partial charge in [0, 0.05) is 49.2 Å². The van der Waals surface area contributed by atoms with Crippen LogP contribution in [0.5, 0.6) is 0 Å². The highest BCUT2D eigenvalue weighted by Gasteiger charge is 2.13. The van der Waals surface area contributed by atoms with E-state index in [4.69, 9.17) is 16.3 Å². The zero-order valence-corrected chi connectivity index (χ0v) is 16.5. The highest BCUT2D eigenvalue weighted by atomic mass is 16.5. The quantitative estimate of drug-likeness (QED) is 0.455. The molecule has 2 heterocycles. The molecule has 0 bridgehead atoms. The number of hydrogen-bond donors (Lipinski definition) is 2. The number of aromatic nitrogens is 1. The first kappa shape index (κ1) is 20.0. The molecule has 1 aromatic heterocycles. The first-order valence-electron chi connectivity index (χ1n) is 9.53. The molecule has 3 rings (SSSR count). The van der Waals surface area contributed by atoms with Crippen molar-refractivity contribution in [1.29, 1.82) is 0 Å². The van der Waals surface area contributed by atoms with E-state index in [0.717, 1.165) is 44.0 Å². The van der Waals surface area contributed by atoms with Gasteiger partial charge in [0.05, 0.1) is 13.2 Å². The highest BCUT2D eigenvalue weighted by molar-refractivity contribution is 6.39. The van der Waals surface area contributed by atoms with Crippen LogP contribution in [0.3, 0.4) is 0 Å². The molecule has 7 heteroatoms. The van der Waals surface area contributed by atoms with Gasteiger partial charge in [0.25, 0.3) is 0 Å². The number of rotatable bonds is 6. The summed E-state index contributed by atoms with van der Waals surface area (Å²) in [7, 11) is 0. The van der Waals surface area contributed by atoms with Crippen molar-refractivity contribution in [2.45, 2.75) is 26.4 Å². The number of nitrogens with two attached hydrogens (primary N) is 2. The van der Waals surface area contributed by atoms with Crippen molar-refractivity contribution in [1.82, 2.24) is 9.88 Å². The van der Waals surface area contributed by atoms with E-state index < -0.39 is 0 Å². The Bertz CT molecular complexity index is 856. The molecule has 0 aliphatic carbocycles. The van der Waals surface area contributed by atoms with Crippen molar-refractivity contribution in [2.75, 3.05) is 32.0 Å². The van der Waals surface area contributed by atoms with Crippen LogP contribution in [0.1, 0.15) is 25.0 Å². The summed E-state index contributed by atoms with van der Waals surface area (Å²) in [4.78, 5) is 11.1. The summed E-state index contributed by atoms with van der Waals surface area (Å²) in [5, 5.41) is 3.85. The van der Waals surface area contributed by atoms with Gasteiger partial charge in [0.15, 0.2) is 0 Å². The van der Waals surface area contributed by atoms with Crippen LogP contribution in [0.15, 0.2) is 46.6 Å². The van der Waals surface area contributed by atoms with Crippen LogP contribution in [-0.2, 0) is 11.3 Å². The average molecular weight is 380 g/mol. The molecule has 0 spiro atoms. The third kappa shape index (κ3) is 5.15. The molecule has 0 saturated carbocycles. The van der Waals surface area contributed by atoms with Crippen molar-refractivity contribution < 1.29 is 4.74 Å². The van der Waals surface area contributed by atoms with Gasteiger partial charge < -0.3 is 16.3 Å². The van der Waals surface area contributed by atoms with E-state index in [1.165, 1.54) is 5.56 Å². The number of hydrogen-bond acceptors (Lipinski definition) is 7. The monoisotopic (exact) mass is 380 g/mol. The maximum atomic E-state index is 6.08. The predicted octanol–water partition coefficient (Wildman–Crippen LogP) is 2.31. The summed E-state index contributed by atoms with van der Waals surface area (Å²) in [5.74, 6) is 5.96. The van der Waals surface area contributed by atoms with Gasteiger partial charge in [-0.25, -0.2) is 4.98 Å². The highest BCUT2D eigenvalue weighted by Crippen LogP contribution is 2.24. The van der Waals surface area contributed by atoms with Gasteiger partial charge in [0.2, 0.25) is 0 Å². The van der Waals surface area contributed by atoms with Crippen LogP contribution in [0.4, 0.5) is 5.82 Å². The van der Waals surface area contributed by atoms with E-state index in [9.17, 15) is 0 Å². The largest absolute Gasteiger partial charge is 0.383 e. The van der Waals surface area contributed by atoms with E-state index in [1.807, 2.05) is 19.9 Å². The average Bonchev–Trinajstić information content (AvgIpc) is 2.70. The number of ether oxygens (including phenoxy) is 1. The van der Waals surface area contributed by atoms with Gasteiger partial charge in [-0.05, 0) is 37.1 Å². The van der Waals surface area contributed by atoms with Gasteiger partial charge in [-0.2, -0.15) is 5.10 Å². The fraction of sp³-hybridized carbons (Fsp3) is 0.381. The van der Waals surface area contributed by atoms with Crippen LogP contribution >= 0.6 is 0 Å². The Morgan fingerprint density at radius 2 is 2.04 bits per heavy atom. The van der Waals surface area contributed by atoms with E-state index >= 15 is 0 Å². The summed E-state index contributed by atoms with van der Waals surface area (Å²) in [6, 6.07) is 10.6. The Kier molecular flexibility index (Phi) is 6.73. The van der Waals surface area contributed by atoms with Gasteiger partial charge >= 0.3 is 0 Å². The van der Waals surface area contributed by atoms with E-state index in [1.54, 1.807) is 12.4 Å². The summed E-state index contributed by atoms with van der Waals surface area (Å²) in [5.41, 5.74) is 10.6. The summed E-state index contributed by atoms with van der Waals surface area (Å²) >= 11 is 0. The number of benzene rings is 1. The van der Waals surface area contributed by atoms with Crippen LogP contribution in [0.2, 0.25) is 0 Å². The molecule has 0 radical (unpaired) electrons. The van der Waals surface area contributed by atoms with E-state index in [-0.39, 0.29) is 6.04 Å². The van der Waals surface area contributed by atoms with Crippen LogP contribution in [0.25, 0.3) is 11.1 Å². The van der Waals surface area contributed by atoms with Crippen molar-refractivity contribution in [3.8, 4) is 11.1 Å². The summed E-state index contributed by atoms with van der Waals surface area (Å²) < 4.78 is 5.43. The van der Waals surface area contributed by atoms with Crippen LogP contribution in [-0.4, -0.2) is 54.2 Å². The molecule has 148 valence electrons. The molecule has 1 aliphatic rings. The van der Waals surface area contributed by atoms with Crippen molar-refractivity contribution in [3.05, 3.63) is 47.7 Å². The molecule has 28 heavy (non-hydrogen) atoms. The molecule has 4 N–H and O–H groups in total. The second-order valence-corrected chi connectivity index (χ2v) is 7.13. The van der Waals surface area contributed by atoms with Crippen LogP contribution < -0.4 is 11.6 Å². The Hall–Kier alpha value is -2.77. The minimum Gasteiger partial charge on any atom is -0.383 e. The second-order valence-electron chi connectivity index (χ2n) is 7.13. The normalized spacial score (nSPS) is 16.2. The molecule has 0 unspecified atom stereocenters. The first-order valence-corrected chi connectivity index (χ1v) is 9.53. The number of nitrogen functional groups attached to an aromatic ring is 1. The smallest absolute Gasteiger partial charge is 0.132 e. The Labute approximate surface area is 166 Å². The summed E-state index contributed by atoms with van der Waals surface area (Å²) in [6.45, 7) is 8.40. The molecule has 0 amide bonds. The molecule has 1 saturated heterocycles. The minimum absolute atomic E-state index is 0.144. The lowest BCUT2D eigenvalue weighted by Gasteiger charge is -2.26. The molecule has 1 aromatic carbocycles. The Morgan fingerprint density at radius 3 is 2.75 bits per heavy atom.